The Hall–Kier alpha value is -2.39. The van der Waals surface area contributed by atoms with Crippen LogP contribution < -0.4 is 10.1 Å². The number of hydrogen-bond donors (Lipinski definition) is 1. The highest BCUT2D eigenvalue weighted by atomic mass is 32.2. The van der Waals surface area contributed by atoms with E-state index in [1.807, 2.05) is 19.2 Å². The summed E-state index contributed by atoms with van der Waals surface area (Å²) in [4.78, 5) is 27.5. The molecule has 0 bridgehead atoms. The zero-order valence-electron chi connectivity index (χ0n) is 17.6. The summed E-state index contributed by atoms with van der Waals surface area (Å²) in [5.41, 5.74) is 0. The van der Waals surface area contributed by atoms with Gasteiger partial charge in [0, 0.05) is 19.8 Å². The fourth-order valence-electron chi connectivity index (χ4n) is 2.77. The highest BCUT2D eigenvalue weighted by molar-refractivity contribution is 7.90. The standard InChI is InChI=1S/C21H28N2O5S2/c1-15(2)19(22-20(24)18-10-6-13-29-18)21(25)23(3)11-7-12-28-16-8-5-9-17(14-16)30(4,26)27/h5-6,8-10,13-15,19H,7,11-12H2,1-4H3,(H,22,24). The molecular weight excluding hydrogens is 424 g/mol. The lowest BCUT2D eigenvalue weighted by atomic mass is 10.0. The Labute approximate surface area is 182 Å². The van der Waals surface area contributed by atoms with Gasteiger partial charge in [-0.15, -0.1) is 11.3 Å². The van der Waals surface area contributed by atoms with Gasteiger partial charge in [-0.3, -0.25) is 9.59 Å². The number of nitrogens with one attached hydrogen (secondary N) is 1. The molecule has 0 spiro atoms. The van der Waals surface area contributed by atoms with Crippen molar-refractivity contribution in [1.29, 1.82) is 0 Å². The van der Waals surface area contributed by atoms with Crippen LogP contribution in [0.2, 0.25) is 0 Å². The van der Waals surface area contributed by atoms with Crippen LogP contribution in [0.15, 0.2) is 46.7 Å². The van der Waals surface area contributed by atoms with E-state index in [-0.39, 0.29) is 22.6 Å². The van der Waals surface area contributed by atoms with Crippen molar-refractivity contribution >= 4 is 33.0 Å². The van der Waals surface area contributed by atoms with E-state index < -0.39 is 15.9 Å². The van der Waals surface area contributed by atoms with Gasteiger partial charge in [-0.1, -0.05) is 26.0 Å². The van der Waals surface area contributed by atoms with Gasteiger partial charge >= 0.3 is 0 Å². The Morgan fingerprint density at radius 3 is 2.53 bits per heavy atom. The van der Waals surface area contributed by atoms with E-state index in [0.717, 1.165) is 6.26 Å². The third-order valence-electron chi connectivity index (χ3n) is 4.48. The van der Waals surface area contributed by atoms with Crippen LogP contribution in [0.3, 0.4) is 0 Å². The van der Waals surface area contributed by atoms with Crippen molar-refractivity contribution in [3.05, 3.63) is 46.7 Å². The zero-order valence-corrected chi connectivity index (χ0v) is 19.3. The third kappa shape index (κ3) is 6.84. The molecule has 0 aliphatic heterocycles. The molecular formula is C21H28N2O5S2. The maximum absolute atomic E-state index is 12.8. The minimum absolute atomic E-state index is 0.0566. The molecule has 30 heavy (non-hydrogen) atoms. The van der Waals surface area contributed by atoms with Crippen molar-refractivity contribution in [3.63, 3.8) is 0 Å². The summed E-state index contributed by atoms with van der Waals surface area (Å²) in [5.74, 6) is 0.00235. The van der Waals surface area contributed by atoms with Crippen molar-refractivity contribution in [3.8, 4) is 5.75 Å². The average molecular weight is 453 g/mol. The van der Waals surface area contributed by atoms with Gasteiger partial charge in [-0.05, 0) is 42.0 Å². The molecule has 1 unspecified atom stereocenters. The monoisotopic (exact) mass is 452 g/mol. The van der Waals surface area contributed by atoms with E-state index in [1.54, 1.807) is 36.2 Å². The molecule has 164 valence electrons. The molecule has 1 aromatic carbocycles. The van der Waals surface area contributed by atoms with Gasteiger partial charge < -0.3 is 15.0 Å². The highest BCUT2D eigenvalue weighted by Gasteiger charge is 2.27. The number of carbonyl (C=O) groups excluding carboxylic acids is 2. The Bertz CT molecular complexity index is 956. The van der Waals surface area contributed by atoms with Crippen LogP contribution in [-0.4, -0.2) is 57.6 Å². The topological polar surface area (TPSA) is 92.8 Å². The quantitative estimate of drug-likeness (QED) is 0.560. The largest absolute Gasteiger partial charge is 0.493 e. The first kappa shape index (κ1) is 23.9. The number of likely N-dealkylation sites (N-methyl/N-ethyl adjacent to an activating group) is 1. The van der Waals surface area contributed by atoms with Gasteiger partial charge in [0.2, 0.25) is 5.91 Å². The summed E-state index contributed by atoms with van der Waals surface area (Å²) in [6.07, 6.45) is 1.71. The number of sulfone groups is 1. The summed E-state index contributed by atoms with van der Waals surface area (Å²) < 4.78 is 28.9. The Balaban J connectivity index is 1.86. The summed E-state index contributed by atoms with van der Waals surface area (Å²) >= 11 is 1.33. The number of carbonyl (C=O) groups is 2. The molecule has 2 rings (SSSR count). The van der Waals surface area contributed by atoms with Crippen molar-refractivity contribution in [2.75, 3.05) is 26.5 Å². The SMILES string of the molecule is CC(C)C(NC(=O)c1cccs1)C(=O)N(C)CCCOc1cccc(S(C)(=O)=O)c1. The highest BCUT2D eigenvalue weighted by Crippen LogP contribution is 2.17. The molecule has 0 aliphatic carbocycles. The Kier molecular flexibility index (Phi) is 8.43. The minimum atomic E-state index is -3.29. The Morgan fingerprint density at radius 2 is 1.93 bits per heavy atom. The number of hydrogen-bond acceptors (Lipinski definition) is 6. The number of nitrogens with zero attached hydrogens (tertiary/aromatic N) is 1. The van der Waals surface area contributed by atoms with Gasteiger partial charge in [-0.25, -0.2) is 8.42 Å². The first-order valence-corrected chi connectivity index (χ1v) is 12.4. The van der Waals surface area contributed by atoms with Crippen LogP contribution in [0.4, 0.5) is 0 Å². The molecule has 0 saturated carbocycles. The van der Waals surface area contributed by atoms with E-state index >= 15 is 0 Å². The van der Waals surface area contributed by atoms with Crippen LogP contribution in [0.25, 0.3) is 0 Å². The van der Waals surface area contributed by atoms with E-state index in [4.69, 9.17) is 4.74 Å². The minimum Gasteiger partial charge on any atom is -0.493 e. The van der Waals surface area contributed by atoms with Crippen LogP contribution in [0.1, 0.15) is 29.9 Å². The van der Waals surface area contributed by atoms with Gasteiger partial charge in [0.15, 0.2) is 9.84 Å². The lowest BCUT2D eigenvalue weighted by molar-refractivity contribution is -0.133. The van der Waals surface area contributed by atoms with Crippen LogP contribution in [0.5, 0.6) is 5.75 Å². The molecule has 2 aromatic rings. The second-order valence-corrected chi connectivity index (χ2v) is 10.3. The van der Waals surface area contributed by atoms with Crippen LogP contribution >= 0.6 is 11.3 Å². The second kappa shape index (κ2) is 10.6. The fourth-order valence-corrected chi connectivity index (χ4v) is 4.05. The van der Waals surface area contributed by atoms with E-state index in [0.29, 0.717) is 30.2 Å². The van der Waals surface area contributed by atoms with E-state index in [2.05, 4.69) is 5.32 Å². The Morgan fingerprint density at radius 1 is 1.20 bits per heavy atom. The summed E-state index contributed by atoms with van der Waals surface area (Å²) in [5, 5.41) is 4.65. The molecule has 9 heteroatoms. The number of rotatable bonds is 10. The molecule has 0 saturated heterocycles. The molecule has 0 aliphatic rings. The number of ether oxygens (including phenoxy) is 1. The lowest BCUT2D eigenvalue weighted by Crippen LogP contribution is -2.50. The van der Waals surface area contributed by atoms with Crippen molar-refractivity contribution in [2.45, 2.75) is 31.2 Å². The molecule has 1 N–H and O–H groups in total. The molecule has 0 radical (unpaired) electrons. The molecule has 1 aromatic heterocycles. The summed E-state index contributed by atoms with van der Waals surface area (Å²) in [7, 11) is -1.60. The van der Waals surface area contributed by atoms with Gasteiger partial charge in [-0.2, -0.15) is 0 Å². The molecule has 7 nitrogen and oxygen atoms in total. The van der Waals surface area contributed by atoms with Gasteiger partial charge in [0.25, 0.3) is 5.91 Å². The van der Waals surface area contributed by atoms with E-state index in [1.165, 1.54) is 23.5 Å². The molecule has 2 amide bonds. The number of amides is 2. The molecule has 0 fully saturated rings. The summed E-state index contributed by atoms with van der Waals surface area (Å²) in [6, 6.07) is 9.23. The van der Waals surface area contributed by atoms with Gasteiger partial charge in [0.1, 0.15) is 11.8 Å². The zero-order chi connectivity index (χ0) is 22.3. The number of benzene rings is 1. The second-order valence-electron chi connectivity index (χ2n) is 7.38. The van der Waals surface area contributed by atoms with Crippen LogP contribution in [-0.2, 0) is 14.6 Å². The predicted octanol–water partition coefficient (Wildman–Crippen LogP) is 2.83. The molecule has 1 heterocycles. The fraction of sp³-hybridized carbons (Fsp3) is 0.429. The first-order chi connectivity index (χ1) is 14.1. The maximum atomic E-state index is 12.8. The van der Waals surface area contributed by atoms with Crippen molar-refractivity contribution < 1.29 is 22.7 Å². The normalized spacial score (nSPS) is 12.4. The average Bonchev–Trinajstić information content (AvgIpc) is 3.23. The van der Waals surface area contributed by atoms with Crippen molar-refractivity contribution in [2.24, 2.45) is 5.92 Å². The van der Waals surface area contributed by atoms with Crippen molar-refractivity contribution in [1.82, 2.24) is 10.2 Å². The first-order valence-electron chi connectivity index (χ1n) is 9.62. The summed E-state index contributed by atoms with van der Waals surface area (Å²) in [6.45, 7) is 4.56. The van der Waals surface area contributed by atoms with Crippen LogP contribution in [0, 0.1) is 5.92 Å². The lowest BCUT2D eigenvalue weighted by Gasteiger charge is -2.27. The van der Waals surface area contributed by atoms with E-state index in [9.17, 15) is 18.0 Å². The smallest absolute Gasteiger partial charge is 0.262 e. The predicted molar refractivity (Wildman–Crippen MR) is 118 cm³/mol. The number of thiophene rings is 1. The maximum Gasteiger partial charge on any atom is 0.262 e. The molecule has 1 atom stereocenters. The van der Waals surface area contributed by atoms with Gasteiger partial charge in [0.05, 0.1) is 16.4 Å². The third-order valence-corrected chi connectivity index (χ3v) is 6.46.